The predicted octanol–water partition coefficient (Wildman–Crippen LogP) is 1.29. The van der Waals surface area contributed by atoms with Gasteiger partial charge in [-0.2, -0.15) is 0 Å². The van der Waals surface area contributed by atoms with E-state index in [2.05, 4.69) is 20.0 Å². The monoisotopic (exact) mass is 346 g/mol. The zero-order chi connectivity index (χ0) is 17.3. The maximum absolute atomic E-state index is 12.3. The number of thiazole rings is 1. The number of aromatic nitrogens is 3. The third-order valence-corrected chi connectivity index (χ3v) is 4.30. The maximum Gasteiger partial charge on any atom is 0.326 e. The van der Waals surface area contributed by atoms with E-state index >= 15 is 0 Å². The highest BCUT2D eigenvalue weighted by Gasteiger charge is 2.13. The number of methoxy groups -OCH3 is 1. The van der Waals surface area contributed by atoms with E-state index in [-0.39, 0.29) is 18.0 Å². The molecule has 1 aromatic carbocycles. The Labute approximate surface area is 140 Å². The van der Waals surface area contributed by atoms with Crippen LogP contribution in [0.4, 0.5) is 5.13 Å². The molecule has 24 heavy (non-hydrogen) atoms. The predicted molar refractivity (Wildman–Crippen MR) is 89.3 cm³/mol. The van der Waals surface area contributed by atoms with Crippen LogP contribution < -0.4 is 11.0 Å². The summed E-state index contributed by atoms with van der Waals surface area (Å²) in [6.45, 7) is 0. The summed E-state index contributed by atoms with van der Waals surface area (Å²) in [5.74, 6) is -0.739. The molecule has 0 aliphatic carbocycles. The van der Waals surface area contributed by atoms with E-state index in [1.54, 1.807) is 30.6 Å². The first-order chi connectivity index (χ1) is 11.5. The third kappa shape index (κ3) is 3.06. The molecule has 2 N–H and O–H groups in total. The van der Waals surface area contributed by atoms with Crippen LogP contribution in [0.1, 0.15) is 16.1 Å². The zero-order valence-corrected chi connectivity index (χ0v) is 13.8. The van der Waals surface area contributed by atoms with E-state index < -0.39 is 5.97 Å². The second-order valence-corrected chi connectivity index (χ2v) is 5.93. The molecule has 0 unspecified atom stereocenters. The van der Waals surface area contributed by atoms with Crippen LogP contribution in [0.3, 0.4) is 0 Å². The van der Waals surface area contributed by atoms with Gasteiger partial charge in [0.15, 0.2) is 5.13 Å². The molecule has 0 radical (unpaired) electrons. The molecule has 0 aliphatic rings. The summed E-state index contributed by atoms with van der Waals surface area (Å²) in [7, 11) is 2.96. The highest BCUT2D eigenvalue weighted by Crippen LogP contribution is 2.18. The lowest BCUT2D eigenvalue weighted by Gasteiger charge is -2.02. The molecule has 0 bridgehead atoms. The molecule has 3 rings (SSSR count). The number of benzene rings is 1. The highest BCUT2D eigenvalue weighted by molar-refractivity contribution is 7.14. The van der Waals surface area contributed by atoms with Gasteiger partial charge in [0.25, 0.3) is 5.91 Å². The van der Waals surface area contributed by atoms with Crippen molar-refractivity contribution in [2.45, 2.75) is 6.42 Å². The molecule has 2 aromatic heterocycles. The number of fused-ring (bicyclic) bond motifs is 1. The van der Waals surface area contributed by atoms with Gasteiger partial charge in [-0.05, 0) is 18.2 Å². The normalized spacial score (nSPS) is 10.8. The van der Waals surface area contributed by atoms with Crippen LogP contribution in [0.25, 0.3) is 11.0 Å². The fourth-order valence-electron chi connectivity index (χ4n) is 2.21. The van der Waals surface area contributed by atoms with Crippen molar-refractivity contribution in [3.63, 3.8) is 0 Å². The Morgan fingerprint density at radius 2 is 2.21 bits per heavy atom. The fraction of sp³-hybridized carbons (Fsp3) is 0.200. The number of imidazole rings is 1. The molecule has 0 saturated heterocycles. The molecular weight excluding hydrogens is 332 g/mol. The van der Waals surface area contributed by atoms with Gasteiger partial charge >= 0.3 is 11.7 Å². The number of amides is 1. The van der Waals surface area contributed by atoms with Gasteiger partial charge < -0.3 is 9.72 Å². The van der Waals surface area contributed by atoms with E-state index in [1.165, 1.54) is 23.0 Å². The standard InChI is InChI=1S/C15H14N4O4S/c1-19-11-4-3-8(5-10(11)17-15(19)22)13(21)18-14-16-9(7-24-14)6-12(20)23-2/h3-5,7H,6H2,1-2H3,(H,17,22)(H,16,18,21). The summed E-state index contributed by atoms with van der Waals surface area (Å²) in [5.41, 5.74) is 1.99. The average molecular weight is 346 g/mol. The van der Waals surface area contributed by atoms with Crippen LogP contribution in [-0.2, 0) is 23.0 Å². The lowest BCUT2D eigenvalue weighted by Crippen LogP contribution is -2.12. The number of ether oxygens (including phenoxy) is 1. The Hall–Kier alpha value is -2.94. The van der Waals surface area contributed by atoms with Crippen molar-refractivity contribution in [3.05, 3.63) is 45.3 Å². The number of anilines is 1. The number of carbonyl (C=O) groups excluding carboxylic acids is 2. The number of carbonyl (C=O) groups is 2. The number of hydrogen-bond donors (Lipinski definition) is 2. The van der Waals surface area contributed by atoms with Crippen molar-refractivity contribution in [2.24, 2.45) is 7.05 Å². The van der Waals surface area contributed by atoms with Crippen molar-refractivity contribution in [1.82, 2.24) is 14.5 Å². The maximum atomic E-state index is 12.3. The molecule has 1 amide bonds. The van der Waals surface area contributed by atoms with Gasteiger partial charge in [0.1, 0.15) is 0 Å². The largest absolute Gasteiger partial charge is 0.469 e. The van der Waals surface area contributed by atoms with Gasteiger partial charge in [-0.25, -0.2) is 9.78 Å². The SMILES string of the molecule is COC(=O)Cc1csc(NC(=O)c2ccc3c(c2)[nH]c(=O)n3C)n1. The number of aromatic amines is 1. The molecule has 2 heterocycles. The summed E-state index contributed by atoms with van der Waals surface area (Å²) in [6.07, 6.45) is 0.0556. The minimum absolute atomic E-state index is 0.0556. The first kappa shape index (κ1) is 15.9. The van der Waals surface area contributed by atoms with Crippen molar-refractivity contribution in [2.75, 3.05) is 12.4 Å². The van der Waals surface area contributed by atoms with Gasteiger partial charge in [0.2, 0.25) is 0 Å². The Morgan fingerprint density at radius 1 is 1.42 bits per heavy atom. The molecular formula is C15H14N4O4S. The van der Waals surface area contributed by atoms with Gasteiger partial charge in [0, 0.05) is 18.0 Å². The number of H-pyrrole nitrogens is 1. The minimum Gasteiger partial charge on any atom is -0.469 e. The topological polar surface area (TPSA) is 106 Å². The molecule has 8 nitrogen and oxygen atoms in total. The van der Waals surface area contributed by atoms with E-state index in [9.17, 15) is 14.4 Å². The molecule has 9 heteroatoms. The Morgan fingerprint density at radius 3 is 2.96 bits per heavy atom. The molecule has 0 saturated carbocycles. The summed E-state index contributed by atoms with van der Waals surface area (Å²) in [6, 6.07) is 4.94. The summed E-state index contributed by atoms with van der Waals surface area (Å²) in [5, 5.41) is 4.75. The number of esters is 1. The van der Waals surface area contributed by atoms with E-state index in [0.717, 1.165) is 0 Å². The Balaban J connectivity index is 1.77. The summed E-state index contributed by atoms with van der Waals surface area (Å²) in [4.78, 5) is 42.0. The van der Waals surface area contributed by atoms with Crippen molar-refractivity contribution in [1.29, 1.82) is 0 Å². The molecule has 3 aromatic rings. The number of nitrogens with zero attached hydrogens (tertiary/aromatic N) is 2. The van der Waals surface area contributed by atoms with Gasteiger partial charge in [-0.15, -0.1) is 11.3 Å². The molecule has 0 spiro atoms. The van der Waals surface area contributed by atoms with Crippen LogP contribution in [0.15, 0.2) is 28.4 Å². The van der Waals surface area contributed by atoms with Gasteiger partial charge in [-0.1, -0.05) is 0 Å². The highest BCUT2D eigenvalue weighted by atomic mass is 32.1. The van der Waals surface area contributed by atoms with Crippen LogP contribution >= 0.6 is 11.3 Å². The fourth-order valence-corrected chi connectivity index (χ4v) is 2.92. The Kier molecular flexibility index (Phi) is 4.17. The molecule has 0 fully saturated rings. The first-order valence-electron chi connectivity index (χ1n) is 6.99. The molecule has 124 valence electrons. The van der Waals surface area contributed by atoms with Crippen LogP contribution in [0, 0.1) is 0 Å². The van der Waals surface area contributed by atoms with Crippen LogP contribution in [0.5, 0.6) is 0 Å². The van der Waals surface area contributed by atoms with E-state index in [1.807, 2.05) is 0 Å². The van der Waals surface area contributed by atoms with E-state index in [0.29, 0.717) is 27.4 Å². The second-order valence-electron chi connectivity index (χ2n) is 5.07. The Bertz CT molecular complexity index is 985. The minimum atomic E-state index is -0.392. The van der Waals surface area contributed by atoms with Crippen molar-refractivity contribution >= 4 is 39.4 Å². The average Bonchev–Trinajstić information content (AvgIpc) is 3.11. The van der Waals surface area contributed by atoms with Crippen molar-refractivity contribution in [3.8, 4) is 0 Å². The van der Waals surface area contributed by atoms with Crippen LogP contribution in [0.2, 0.25) is 0 Å². The smallest absolute Gasteiger partial charge is 0.326 e. The lowest BCUT2D eigenvalue weighted by atomic mass is 10.2. The first-order valence-corrected chi connectivity index (χ1v) is 7.87. The quantitative estimate of drug-likeness (QED) is 0.693. The molecule has 0 aliphatic heterocycles. The number of aryl methyl sites for hydroxylation is 1. The lowest BCUT2D eigenvalue weighted by molar-refractivity contribution is -0.139. The van der Waals surface area contributed by atoms with Crippen LogP contribution in [-0.4, -0.2) is 33.5 Å². The second kappa shape index (κ2) is 6.28. The van der Waals surface area contributed by atoms with E-state index in [4.69, 9.17) is 0 Å². The summed E-state index contributed by atoms with van der Waals surface area (Å²) >= 11 is 1.22. The van der Waals surface area contributed by atoms with Crippen molar-refractivity contribution < 1.29 is 14.3 Å². The molecule has 0 atom stereocenters. The third-order valence-electron chi connectivity index (χ3n) is 3.49. The van der Waals surface area contributed by atoms with Gasteiger partial charge in [-0.3, -0.25) is 19.5 Å². The number of rotatable bonds is 4. The zero-order valence-electron chi connectivity index (χ0n) is 13.0. The number of hydrogen-bond acceptors (Lipinski definition) is 6. The number of nitrogens with one attached hydrogen (secondary N) is 2. The van der Waals surface area contributed by atoms with Gasteiger partial charge in [0.05, 0.1) is 30.3 Å². The summed E-state index contributed by atoms with van der Waals surface area (Å²) < 4.78 is 6.04.